The summed E-state index contributed by atoms with van der Waals surface area (Å²) in [6.45, 7) is 3.12. The van der Waals surface area contributed by atoms with Crippen LogP contribution in [0.5, 0.6) is 0 Å². The Labute approximate surface area is 175 Å². The fourth-order valence-electron chi connectivity index (χ4n) is 2.37. The molecule has 0 saturated heterocycles. The molecule has 6 heteroatoms. The molecule has 2 N–H and O–H groups in total. The van der Waals surface area contributed by atoms with Crippen LogP contribution in [0.25, 0.3) is 0 Å². The minimum atomic E-state index is 0. The van der Waals surface area contributed by atoms with Gasteiger partial charge in [-0.1, -0.05) is 37.5 Å². The summed E-state index contributed by atoms with van der Waals surface area (Å²) >= 11 is 1.87. The standard InChI is InChI=1S/C19H34N4S.HI/c1-20-19(21-14-10-5-4-6-11-16-23(2)3)22-15-17-24-18-12-8-7-9-13-18;/h7-9,12-13H,4-6,10-11,14-17H2,1-3H3,(H2,20,21,22);1H. The molecule has 1 aromatic rings. The molecule has 0 heterocycles. The van der Waals surface area contributed by atoms with Crippen LogP contribution in [0.3, 0.4) is 0 Å². The summed E-state index contributed by atoms with van der Waals surface area (Å²) in [4.78, 5) is 7.85. The zero-order valence-electron chi connectivity index (χ0n) is 16.0. The van der Waals surface area contributed by atoms with Crippen LogP contribution in [-0.4, -0.2) is 57.4 Å². The van der Waals surface area contributed by atoms with E-state index < -0.39 is 0 Å². The molecule has 0 aliphatic rings. The molecule has 0 aliphatic carbocycles. The Balaban J connectivity index is 0.00000576. The molecule has 4 nitrogen and oxygen atoms in total. The third kappa shape index (κ3) is 14.4. The molecule has 0 unspecified atom stereocenters. The van der Waals surface area contributed by atoms with Gasteiger partial charge in [0.05, 0.1) is 0 Å². The van der Waals surface area contributed by atoms with Gasteiger partial charge in [-0.25, -0.2) is 0 Å². The number of aliphatic imine (C=N–C) groups is 1. The molecule has 1 aromatic carbocycles. The van der Waals surface area contributed by atoms with Crippen LogP contribution < -0.4 is 10.6 Å². The summed E-state index contributed by atoms with van der Waals surface area (Å²) < 4.78 is 0. The van der Waals surface area contributed by atoms with Gasteiger partial charge in [-0.15, -0.1) is 35.7 Å². The minimum absolute atomic E-state index is 0. The van der Waals surface area contributed by atoms with E-state index in [1.807, 2.05) is 18.8 Å². The fraction of sp³-hybridized carbons (Fsp3) is 0.632. The molecular weight excluding hydrogens is 443 g/mol. The topological polar surface area (TPSA) is 39.7 Å². The molecule has 1 rings (SSSR count). The summed E-state index contributed by atoms with van der Waals surface area (Å²) in [5.41, 5.74) is 0. The maximum Gasteiger partial charge on any atom is 0.191 e. The van der Waals surface area contributed by atoms with Crippen LogP contribution in [0.15, 0.2) is 40.2 Å². The van der Waals surface area contributed by atoms with Crippen molar-refractivity contribution in [3.8, 4) is 0 Å². The van der Waals surface area contributed by atoms with Crippen LogP contribution in [0.4, 0.5) is 0 Å². The Kier molecular flexibility index (Phi) is 16.7. The van der Waals surface area contributed by atoms with E-state index in [0.717, 1.165) is 24.8 Å². The van der Waals surface area contributed by atoms with Gasteiger partial charge >= 0.3 is 0 Å². The van der Waals surface area contributed by atoms with E-state index in [-0.39, 0.29) is 24.0 Å². The zero-order chi connectivity index (χ0) is 17.5. The number of nitrogens with zero attached hydrogens (tertiary/aromatic N) is 2. The lowest BCUT2D eigenvalue weighted by Crippen LogP contribution is -2.38. The van der Waals surface area contributed by atoms with E-state index in [9.17, 15) is 0 Å². The van der Waals surface area contributed by atoms with E-state index in [1.165, 1.54) is 43.5 Å². The molecule has 0 spiro atoms. The van der Waals surface area contributed by atoms with Gasteiger partial charge in [0, 0.05) is 30.8 Å². The number of thioether (sulfide) groups is 1. The average Bonchev–Trinajstić information content (AvgIpc) is 2.59. The number of nitrogens with one attached hydrogen (secondary N) is 2. The van der Waals surface area contributed by atoms with Crippen molar-refractivity contribution in [2.75, 3.05) is 46.5 Å². The molecule has 0 saturated carbocycles. The van der Waals surface area contributed by atoms with Gasteiger partial charge in [-0.3, -0.25) is 4.99 Å². The van der Waals surface area contributed by atoms with Crippen molar-refractivity contribution >= 4 is 41.7 Å². The van der Waals surface area contributed by atoms with Crippen LogP contribution in [-0.2, 0) is 0 Å². The first kappa shape index (κ1) is 24.5. The zero-order valence-corrected chi connectivity index (χ0v) is 19.1. The van der Waals surface area contributed by atoms with Gasteiger partial charge in [0.15, 0.2) is 5.96 Å². The van der Waals surface area contributed by atoms with E-state index in [4.69, 9.17) is 0 Å². The minimum Gasteiger partial charge on any atom is -0.356 e. The average molecular weight is 478 g/mol. The van der Waals surface area contributed by atoms with Crippen molar-refractivity contribution in [2.24, 2.45) is 4.99 Å². The van der Waals surface area contributed by atoms with Gasteiger partial charge in [0.2, 0.25) is 0 Å². The first-order valence-corrected chi connectivity index (χ1v) is 9.98. The second kappa shape index (κ2) is 17.0. The van der Waals surface area contributed by atoms with Crippen molar-refractivity contribution in [3.05, 3.63) is 30.3 Å². The number of halogens is 1. The highest BCUT2D eigenvalue weighted by atomic mass is 127. The largest absolute Gasteiger partial charge is 0.356 e. The molecular formula is C19H35IN4S. The summed E-state index contributed by atoms with van der Waals surface area (Å²) in [6, 6.07) is 10.5. The Morgan fingerprint density at radius 2 is 1.60 bits per heavy atom. The van der Waals surface area contributed by atoms with Crippen molar-refractivity contribution in [2.45, 2.75) is 37.0 Å². The third-order valence-electron chi connectivity index (χ3n) is 3.70. The molecule has 25 heavy (non-hydrogen) atoms. The van der Waals surface area contributed by atoms with Gasteiger partial charge < -0.3 is 15.5 Å². The fourth-order valence-corrected chi connectivity index (χ4v) is 3.16. The molecule has 0 fully saturated rings. The van der Waals surface area contributed by atoms with E-state index in [0.29, 0.717) is 0 Å². The lowest BCUT2D eigenvalue weighted by atomic mass is 10.1. The second-order valence-corrected chi connectivity index (χ2v) is 7.33. The van der Waals surface area contributed by atoms with Crippen LogP contribution in [0.2, 0.25) is 0 Å². The summed E-state index contributed by atoms with van der Waals surface area (Å²) in [6.07, 6.45) is 6.47. The lowest BCUT2D eigenvalue weighted by molar-refractivity contribution is 0.389. The Morgan fingerprint density at radius 3 is 2.28 bits per heavy atom. The van der Waals surface area contributed by atoms with Crippen molar-refractivity contribution < 1.29 is 0 Å². The second-order valence-electron chi connectivity index (χ2n) is 6.16. The highest BCUT2D eigenvalue weighted by Crippen LogP contribution is 2.15. The number of unbranched alkanes of at least 4 members (excludes halogenated alkanes) is 4. The third-order valence-corrected chi connectivity index (χ3v) is 4.72. The number of hydrogen-bond acceptors (Lipinski definition) is 3. The maximum absolute atomic E-state index is 4.28. The molecule has 0 aromatic heterocycles. The van der Waals surface area contributed by atoms with Crippen LogP contribution in [0, 0.1) is 0 Å². The SMILES string of the molecule is CN=C(NCCCCCCCN(C)C)NCCSc1ccccc1.I. The van der Waals surface area contributed by atoms with Gasteiger partial charge in [0.25, 0.3) is 0 Å². The molecule has 0 bridgehead atoms. The number of rotatable bonds is 12. The smallest absolute Gasteiger partial charge is 0.191 e. The van der Waals surface area contributed by atoms with E-state index >= 15 is 0 Å². The monoisotopic (exact) mass is 478 g/mol. The molecule has 144 valence electrons. The molecule has 0 radical (unpaired) electrons. The van der Waals surface area contributed by atoms with Crippen molar-refractivity contribution in [1.82, 2.24) is 15.5 Å². The highest BCUT2D eigenvalue weighted by molar-refractivity contribution is 14.0. The molecule has 0 aliphatic heterocycles. The van der Waals surface area contributed by atoms with Gasteiger partial charge in [0.1, 0.15) is 0 Å². The number of hydrogen-bond donors (Lipinski definition) is 2. The molecule has 0 atom stereocenters. The van der Waals surface area contributed by atoms with Crippen molar-refractivity contribution in [1.29, 1.82) is 0 Å². The van der Waals surface area contributed by atoms with Gasteiger partial charge in [-0.05, 0) is 45.6 Å². The highest BCUT2D eigenvalue weighted by Gasteiger charge is 1.98. The summed E-state index contributed by atoms with van der Waals surface area (Å²) in [7, 11) is 6.11. The van der Waals surface area contributed by atoms with E-state index in [2.05, 4.69) is 65.0 Å². The Hall–Kier alpha value is -0.470. The summed E-state index contributed by atoms with van der Waals surface area (Å²) in [5, 5.41) is 6.77. The predicted octanol–water partition coefficient (Wildman–Crippen LogP) is 4.07. The maximum atomic E-state index is 4.28. The quantitative estimate of drug-likeness (QED) is 0.156. The Morgan fingerprint density at radius 1 is 0.960 bits per heavy atom. The molecule has 0 amide bonds. The normalized spacial score (nSPS) is 11.3. The lowest BCUT2D eigenvalue weighted by Gasteiger charge is -2.12. The van der Waals surface area contributed by atoms with Gasteiger partial charge in [-0.2, -0.15) is 0 Å². The summed E-state index contributed by atoms with van der Waals surface area (Å²) in [5.74, 6) is 1.95. The Bertz CT molecular complexity index is 440. The number of guanidine groups is 1. The van der Waals surface area contributed by atoms with Crippen LogP contribution >= 0.6 is 35.7 Å². The predicted molar refractivity (Wildman–Crippen MR) is 124 cm³/mol. The first-order chi connectivity index (χ1) is 11.7. The number of benzene rings is 1. The van der Waals surface area contributed by atoms with Crippen LogP contribution in [0.1, 0.15) is 32.1 Å². The van der Waals surface area contributed by atoms with Crippen molar-refractivity contribution in [3.63, 3.8) is 0 Å². The van der Waals surface area contributed by atoms with E-state index in [1.54, 1.807) is 0 Å². The first-order valence-electron chi connectivity index (χ1n) is 8.99.